The summed E-state index contributed by atoms with van der Waals surface area (Å²) < 4.78 is 0. The topological polar surface area (TPSA) is 29.4 Å². The van der Waals surface area contributed by atoms with Crippen molar-refractivity contribution in [1.29, 1.82) is 0 Å². The molecule has 0 rings (SSSR count). The van der Waals surface area contributed by atoms with Gasteiger partial charge in [0, 0.05) is 6.21 Å². The fourth-order valence-electron chi connectivity index (χ4n) is 0.510. The van der Waals surface area contributed by atoms with Crippen molar-refractivity contribution in [2.75, 3.05) is 0 Å². The molecular formula is C8H10ClNO. The van der Waals surface area contributed by atoms with Crippen molar-refractivity contribution < 1.29 is 4.79 Å². The Bertz CT molecular complexity index is 206. The molecule has 0 aromatic heterocycles. The lowest BCUT2D eigenvalue weighted by Gasteiger charge is -1.90. The molecule has 0 spiro atoms. The number of nitrogens with zero attached hydrogens (tertiary/aromatic N) is 1. The standard InChI is InChI=1S/C8H10ClNO/c1-3-5-7(8(9)11)10-6-4-2/h4-6H,2-3H2,1H3/b7-5-,10-6?. The summed E-state index contributed by atoms with van der Waals surface area (Å²) in [5.74, 6) is 0. The molecule has 11 heavy (non-hydrogen) atoms. The molecule has 0 aliphatic rings. The van der Waals surface area contributed by atoms with Crippen molar-refractivity contribution in [1.82, 2.24) is 0 Å². The van der Waals surface area contributed by atoms with Crippen LogP contribution in [0.2, 0.25) is 0 Å². The number of hydrogen-bond donors (Lipinski definition) is 0. The highest BCUT2D eigenvalue weighted by Gasteiger charge is 2.00. The second kappa shape index (κ2) is 5.86. The first-order valence-corrected chi connectivity index (χ1v) is 3.65. The first kappa shape index (κ1) is 10.1. The molecule has 0 atom stereocenters. The van der Waals surface area contributed by atoms with Crippen LogP contribution in [-0.2, 0) is 4.79 Å². The third-order valence-electron chi connectivity index (χ3n) is 0.918. The van der Waals surface area contributed by atoms with Crippen LogP contribution in [-0.4, -0.2) is 11.5 Å². The molecule has 3 heteroatoms. The zero-order chi connectivity index (χ0) is 8.69. The maximum absolute atomic E-state index is 10.6. The molecule has 60 valence electrons. The molecule has 0 unspecified atom stereocenters. The Morgan fingerprint density at radius 3 is 2.73 bits per heavy atom. The molecule has 0 saturated carbocycles. The van der Waals surface area contributed by atoms with Crippen molar-refractivity contribution in [3.05, 3.63) is 24.4 Å². The third kappa shape index (κ3) is 4.51. The van der Waals surface area contributed by atoms with Gasteiger partial charge in [-0.05, 0) is 18.0 Å². The van der Waals surface area contributed by atoms with E-state index in [1.54, 1.807) is 6.08 Å². The average molecular weight is 172 g/mol. The van der Waals surface area contributed by atoms with Gasteiger partial charge in [-0.25, -0.2) is 0 Å². The lowest BCUT2D eigenvalue weighted by atomic mass is 10.3. The van der Waals surface area contributed by atoms with Gasteiger partial charge in [0.1, 0.15) is 5.70 Å². The van der Waals surface area contributed by atoms with E-state index in [9.17, 15) is 4.79 Å². The van der Waals surface area contributed by atoms with E-state index in [0.717, 1.165) is 6.42 Å². The van der Waals surface area contributed by atoms with Crippen LogP contribution >= 0.6 is 11.6 Å². The molecule has 0 N–H and O–H groups in total. The molecule has 0 bridgehead atoms. The molecule has 0 aliphatic carbocycles. The summed E-state index contributed by atoms with van der Waals surface area (Å²) >= 11 is 5.20. The maximum atomic E-state index is 10.6. The Balaban J connectivity index is 4.35. The molecule has 0 radical (unpaired) electrons. The molecule has 0 aliphatic heterocycles. The fourth-order valence-corrected chi connectivity index (χ4v) is 0.636. The Morgan fingerprint density at radius 1 is 1.73 bits per heavy atom. The van der Waals surface area contributed by atoms with E-state index in [-0.39, 0.29) is 5.70 Å². The Hall–Kier alpha value is -0.890. The number of carbonyl (C=O) groups is 1. The summed E-state index contributed by atoms with van der Waals surface area (Å²) in [4.78, 5) is 14.4. The number of hydrogen-bond acceptors (Lipinski definition) is 2. The van der Waals surface area contributed by atoms with Gasteiger partial charge in [-0.3, -0.25) is 9.79 Å². The molecule has 0 saturated heterocycles. The van der Waals surface area contributed by atoms with E-state index in [4.69, 9.17) is 11.6 Å². The van der Waals surface area contributed by atoms with E-state index < -0.39 is 5.24 Å². The average Bonchev–Trinajstić information content (AvgIpc) is 1.97. The zero-order valence-electron chi connectivity index (χ0n) is 6.38. The molecule has 0 heterocycles. The monoisotopic (exact) mass is 171 g/mol. The number of allylic oxidation sites excluding steroid dienone is 3. The van der Waals surface area contributed by atoms with Gasteiger partial charge in [-0.1, -0.05) is 25.7 Å². The number of carbonyl (C=O) groups excluding carboxylic acids is 1. The second-order valence-corrected chi connectivity index (χ2v) is 2.13. The smallest absolute Gasteiger partial charge is 0.270 e. The van der Waals surface area contributed by atoms with Crippen LogP contribution in [0.15, 0.2) is 29.4 Å². The predicted octanol–water partition coefficient (Wildman–Crippen LogP) is 2.30. The van der Waals surface area contributed by atoms with Gasteiger partial charge in [0.15, 0.2) is 0 Å². The highest BCUT2D eigenvalue weighted by atomic mass is 35.5. The summed E-state index contributed by atoms with van der Waals surface area (Å²) in [5, 5.41) is -0.537. The summed E-state index contributed by atoms with van der Waals surface area (Å²) in [6, 6.07) is 0. The molecule has 0 fully saturated rings. The summed E-state index contributed by atoms with van der Waals surface area (Å²) in [6.45, 7) is 5.33. The van der Waals surface area contributed by atoms with Crippen LogP contribution in [0.1, 0.15) is 13.3 Å². The van der Waals surface area contributed by atoms with Crippen LogP contribution in [0, 0.1) is 0 Å². The summed E-state index contributed by atoms with van der Waals surface area (Å²) in [6.07, 6.45) is 5.32. The minimum Gasteiger partial charge on any atom is -0.274 e. The van der Waals surface area contributed by atoms with Gasteiger partial charge in [-0.15, -0.1) is 0 Å². The van der Waals surface area contributed by atoms with Crippen LogP contribution < -0.4 is 0 Å². The molecular weight excluding hydrogens is 162 g/mol. The number of halogens is 1. The molecule has 0 aromatic rings. The minimum absolute atomic E-state index is 0.272. The fraction of sp³-hybridized carbons (Fsp3) is 0.250. The van der Waals surface area contributed by atoms with Gasteiger partial charge in [0.05, 0.1) is 0 Å². The Labute approximate surface area is 71.3 Å². The van der Waals surface area contributed by atoms with E-state index in [1.165, 1.54) is 12.3 Å². The molecule has 2 nitrogen and oxygen atoms in total. The molecule has 0 amide bonds. The van der Waals surface area contributed by atoms with E-state index in [0.29, 0.717) is 0 Å². The summed E-state index contributed by atoms with van der Waals surface area (Å²) in [7, 11) is 0. The van der Waals surface area contributed by atoms with Crippen LogP contribution in [0.5, 0.6) is 0 Å². The van der Waals surface area contributed by atoms with Gasteiger partial charge in [0.25, 0.3) is 5.24 Å². The number of rotatable bonds is 4. The van der Waals surface area contributed by atoms with Gasteiger partial charge < -0.3 is 0 Å². The van der Waals surface area contributed by atoms with Gasteiger partial charge >= 0.3 is 0 Å². The number of aliphatic imine (C=N–C) groups is 1. The minimum atomic E-state index is -0.537. The van der Waals surface area contributed by atoms with Crippen molar-refractivity contribution in [2.24, 2.45) is 4.99 Å². The first-order valence-electron chi connectivity index (χ1n) is 3.27. The van der Waals surface area contributed by atoms with Crippen LogP contribution in [0.4, 0.5) is 0 Å². The maximum Gasteiger partial charge on any atom is 0.270 e. The Kier molecular flexibility index (Phi) is 5.39. The normalized spacial score (nSPS) is 12.0. The van der Waals surface area contributed by atoms with E-state index >= 15 is 0 Å². The largest absolute Gasteiger partial charge is 0.274 e. The second-order valence-electron chi connectivity index (χ2n) is 1.79. The quantitative estimate of drug-likeness (QED) is 0.363. The van der Waals surface area contributed by atoms with Crippen molar-refractivity contribution in [3.63, 3.8) is 0 Å². The lowest BCUT2D eigenvalue weighted by molar-refractivity contribution is -0.108. The zero-order valence-corrected chi connectivity index (χ0v) is 7.14. The highest BCUT2D eigenvalue weighted by Crippen LogP contribution is 2.02. The lowest BCUT2D eigenvalue weighted by Crippen LogP contribution is -1.89. The van der Waals surface area contributed by atoms with Gasteiger partial charge in [-0.2, -0.15) is 0 Å². The van der Waals surface area contributed by atoms with E-state index in [1.807, 2.05) is 6.92 Å². The first-order chi connectivity index (χ1) is 5.22. The van der Waals surface area contributed by atoms with Crippen molar-refractivity contribution in [2.45, 2.75) is 13.3 Å². The van der Waals surface area contributed by atoms with Gasteiger partial charge in [0.2, 0.25) is 0 Å². The third-order valence-corrected chi connectivity index (χ3v) is 1.11. The Morgan fingerprint density at radius 2 is 2.36 bits per heavy atom. The van der Waals surface area contributed by atoms with Crippen LogP contribution in [0.3, 0.4) is 0 Å². The highest BCUT2D eigenvalue weighted by molar-refractivity contribution is 6.67. The SMILES string of the molecule is C=CC=N/C(=C\CC)C(=O)Cl. The molecule has 0 aromatic carbocycles. The summed E-state index contributed by atoms with van der Waals surface area (Å²) in [5.41, 5.74) is 0.272. The van der Waals surface area contributed by atoms with E-state index in [2.05, 4.69) is 11.6 Å². The van der Waals surface area contributed by atoms with Crippen molar-refractivity contribution >= 4 is 23.1 Å². The van der Waals surface area contributed by atoms with Crippen LogP contribution in [0.25, 0.3) is 0 Å². The predicted molar refractivity (Wildman–Crippen MR) is 47.9 cm³/mol. The van der Waals surface area contributed by atoms with Crippen molar-refractivity contribution in [3.8, 4) is 0 Å².